The highest BCUT2D eigenvalue weighted by atomic mass is 32.1. The van der Waals surface area contributed by atoms with E-state index in [1.165, 1.54) is 4.88 Å². The maximum atomic E-state index is 12.5. The monoisotopic (exact) mass is 331 g/mol. The number of aryl methyl sites for hydroxylation is 1. The van der Waals surface area contributed by atoms with Crippen LogP contribution < -0.4 is 0 Å². The standard InChI is InChI=1S/C17H21N3O2S/c1-20(9-2-10-21)17(22)13-3-4-15-14(11-13)19-16(23-15)12-5-7-18-8-6-12/h5-8,13,21H,2-4,9-11H2,1H3. The van der Waals surface area contributed by atoms with Crippen LogP contribution >= 0.6 is 11.3 Å². The van der Waals surface area contributed by atoms with Crippen molar-refractivity contribution in [2.45, 2.75) is 25.7 Å². The molecule has 1 N–H and O–H groups in total. The molecule has 122 valence electrons. The third kappa shape index (κ3) is 3.59. The van der Waals surface area contributed by atoms with Gasteiger partial charge in [0.05, 0.1) is 5.69 Å². The lowest BCUT2D eigenvalue weighted by atomic mass is 9.90. The molecule has 23 heavy (non-hydrogen) atoms. The fraction of sp³-hybridized carbons (Fsp3) is 0.471. The first-order valence-electron chi connectivity index (χ1n) is 7.94. The Bertz CT molecular complexity index is 672. The molecule has 2 aromatic heterocycles. The predicted octanol–water partition coefficient (Wildman–Crippen LogP) is 2.15. The van der Waals surface area contributed by atoms with E-state index in [-0.39, 0.29) is 18.4 Å². The second-order valence-corrected chi connectivity index (χ2v) is 6.99. The van der Waals surface area contributed by atoms with E-state index in [4.69, 9.17) is 10.1 Å². The highest BCUT2D eigenvalue weighted by molar-refractivity contribution is 7.15. The Hall–Kier alpha value is -1.79. The minimum Gasteiger partial charge on any atom is -0.396 e. The van der Waals surface area contributed by atoms with Crippen molar-refractivity contribution in [3.63, 3.8) is 0 Å². The molecule has 1 amide bonds. The van der Waals surface area contributed by atoms with Crippen molar-refractivity contribution in [3.05, 3.63) is 35.1 Å². The normalized spacial score (nSPS) is 16.9. The summed E-state index contributed by atoms with van der Waals surface area (Å²) in [7, 11) is 1.82. The lowest BCUT2D eigenvalue weighted by Gasteiger charge is -2.25. The zero-order chi connectivity index (χ0) is 16.2. The molecular weight excluding hydrogens is 310 g/mol. The summed E-state index contributed by atoms with van der Waals surface area (Å²) in [5, 5.41) is 9.91. The number of carbonyl (C=O) groups excluding carboxylic acids is 1. The van der Waals surface area contributed by atoms with Crippen LogP contribution in [0.4, 0.5) is 0 Å². The first kappa shape index (κ1) is 16.1. The van der Waals surface area contributed by atoms with Gasteiger partial charge in [-0.2, -0.15) is 0 Å². The summed E-state index contributed by atoms with van der Waals surface area (Å²) >= 11 is 1.73. The highest BCUT2D eigenvalue weighted by Gasteiger charge is 2.29. The lowest BCUT2D eigenvalue weighted by Crippen LogP contribution is -2.36. The number of hydrogen-bond acceptors (Lipinski definition) is 5. The van der Waals surface area contributed by atoms with E-state index in [0.717, 1.165) is 35.5 Å². The first-order valence-corrected chi connectivity index (χ1v) is 8.75. The first-order chi connectivity index (χ1) is 11.2. The van der Waals surface area contributed by atoms with Gasteiger partial charge < -0.3 is 10.0 Å². The molecule has 0 bridgehead atoms. The van der Waals surface area contributed by atoms with Crippen molar-refractivity contribution in [2.24, 2.45) is 5.92 Å². The maximum Gasteiger partial charge on any atom is 0.225 e. The van der Waals surface area contributed by atoms with Gasteiger partial charge in [0.2, 0.25) is 5.91 Å². The van der Waals surface area contributed by atoms with Crippen molar-refractivity contribution in [1.82, 2.24) is 14.9 Å². The number of hydrogen-bond donors (Lipinski definition) is 1. The Morgan fingerprint density at radius 2 is 2.22 bits per heavy atom. The van der Waals surface area contributed by atoms with E-state index in [9.17, 15) is 4.79 Å². The molecule has 1 aliphatic carbocycles. The topological polar surface area (TPSA) is 66.3 Å². The highest BCUT2D eigenvalue weighted by Crippen LogP contribution is 2.34. The number of aromatic nitrogens is 2. The number of fused-ring (bicyclic) bond motifs is 1. The minimum atomic E-state index is 0.0126. The number of carbonyl (C=O) groups is 1. The molecule has 0 aliphatic heterocycles. The van der Waals surface area contributed by atoms with Crippen molar-refractivity contribution in [2.75, 3.05) is 20.2 Å². The van der Waals surface area contributed by atoms with Crippen LogP contribution in [0.2, 0.25) is 0 Å². The van der Waals surface area contributed by atoms with Gasteiger partial charge >= 0.3 is 0 Å². The van der Waals surface area contributed by atoms with Crippen LogP contribution in [-0.4, -0.2) is 46.1 Å². The number of aliphatic hydroxyl groups is 1. The van der Waals surface area contributed by atoms with Gasteiger partial charge in [0.1, 0.15) is 5.01 Å². The summed E-state index contributed by atoms with van der Waals surface area (Å²) in [4.78, 5) is 24.3. The number of thiazole rings is 1. The summed E-state index contributed by atoms with van der Waals surface area (Å²) in [6, 6.07) is 3.94. The quantitative estimate of drug-likeness (QED) is 0.912. The van der Waals surface area contributed by atoms with E-state index in [1.54, 1.807) is 28.6 Å². The van der Waals surface area contributed by atoms with Gasteiger partial charge in [-0.1, -0.05) is 0 Å². The Morgan fingerprint density at radius 1 is 1.43 bits per heavy atom. The van der Waals surface area contributed by atoms with Gasteiger partial charge in [0.25, 0.3) is 0 Å². The molecule has 3 rings (SSSR count). The molecule has 0 aromatic carbocycles. The molecule has 6 heteroatoms. The average Bonchev–Trinajstić information content (AvgIpc) is 3.03. The summed E-state index contributed by atoms with van der Waals surface area (Å²) in [5.74, 6) is 0.182. The van der Waals surface area contributed by atoms with E-state index in [1.807, 2.05) is 19.2 Å². The van der Waals surface area contributed by atoms with Crippen LogP contribution in [0.15, 0.2) is 24.5 Å². The minimum absolute atomic E-state index is 0.0126. The van der Waals surface area contributed by atoms with Crippen LogP contribution in [0.1, 0.15) is 23.4 Å². The Balaban J connectivity index is 1.71. The molecule has 2 heterocycles. The van der Waals surface area contributed by atoms with Crippen molar-refractivity contribution in [3.8, 4) is 10.6 Å². The second-order valence-electron chi connectivity index (χ2n) is 5.90. The number of pyridine rings is 1. The second kappa shape index (κ2) is 7.19. The van der Waals surface area contributed by atoms with E-state index < -0.39 is 0 Å². The van der Waals surface area contributed by atoms with Gasteiger partial charge in [-0.15, -0.1) is 11.3 Å². The number of aliphatic hydroxyl groups excluding tert-OH is 1. The van der Waals surface area contributed by atoms with E-state index >= 15 is 0 Å². The largest absolute Gasteiger partial charge is 0.396 e. The summed E-state index contributed by atoms with van der Waals surface area (Å²) in [5.41, 5.74) is 2.16. The van der Waals surface area contributed by atoms with E-state index in [2.05, 4.69) is 4.98 Å². The Kier molecular flexibility index (Phi) is 5.03. The molecule has 0 spiro atoms. The van der Waals surface area contributed by atoms with Gasteiger partial charge in [-0.05, 0) is 31.4 Å². The predicted molar refractivity (Wildman–Crippen MR) is 90.2 cm³/mol. The van der Waals surface area contributed by atoms with Gasteiger partial charge in [-0.3, -0.25) is 9.78 Å². The van der Waals surface area contributed by atoms with Gasteiger partial charge in [-0.25, -0.2) is 4.98 Å². The third-order valence-corrected chi connectivity index (χ3v) is 5.45. The Morgan fingerprint density at radius 3 is 2.96 bits per heavy atom. The fourth-order valence-electron chi connectivity index (χ4n) is 2.94. The number of rotatable bonds is 5. The summed E-state index contributed by atoms with van der Waals surface area (Å²) < 4.78 is 0. The molecule has 1 aliphatic rings. The van der Waals surface area contributed by atoms with Crippen molar-refractivity contribution in [1.29, 1.82) is 0 Å². The van der Waals surface area contributed by atoms with Crippen molar-refractivity contribution < 1.29 is 9.90 Å². The maximum absolute atomic E-state index is 12.5. The lowest BCUT2D eigenvalue weighted by molar-refractivity contribution is -0.134. The molecule has 0 radical (unpaired) electrons. The molecule has 0 saturated heterocycles. The van der Waals surface area contributed by atoms with Gasteiger partial charge in [0.15, 0.2) is 0 Å². The van der Waals surface area contributed by atoms with Crippen LogP contribution in [0, 0.1) is 5.92 Å². The molecule has 0 saturated carbocycles. The van der Waals surface area contributed by atoms with Crippen LogP contribution in [-0.2, 0) is 17.6 Å². The van der Waals surface area contributed by atoms with Gasteiger partial charge in [0, 0.05) is 55.4 Å². The molecular formula is C17H21N3O2S. The van der Waals surface area contributed by atoms with E-state index in [0.29, 0.717) is 13.0 Å². The van der Waals surface area contributed by atoms with Crippen LogP contribution in [0.3, 0.4) is 0 Å². The smallest absolute Gasteiger partial charge is 0.225 e. The zero-order valence-corrected chi connectivity index (χ0v) is 14.1. The molecule has 5 nitrogen and oxygen atoms in total. The van der Waals surface area contributed by atoms with Crippen LogP contribution in [0.25, 0.3) is 10.6 Å². The third-order valence-electron chi connectivity index (χ3n) is 4.24. The number of nitrogens with zero attached hydrogens (tertiary/aromatic N) is 3. The SMILES string of the molecule is CN(CCCO)C(=O)C1CCc2sc(-c3ccncc3)nc2C1. The number of amides is 1. The zero-order valence-electron chi connectivity index (χ0n) is 13.2. The molecule has 0 fully saturated rings. The summed E-state index contributed by atoms with van der Waals surface area (Å²) in [6.45, 7) is 0.728. The Labute approximate surface area is 140 Å². The fourth-order valence-corrected chi connectivity index (χ4v) is 4.05. The molecule has 2 aromatic rings. The molecule has 1 unspecified atom stereocenters. The van der Waals surface area contributed by atoms with Crippen LogP contribution in [0.5, 0.6) is 0 Å². The van der Waals surface area contributed by atoms with Crippen molar-refractivity contribution >= 4 is 17.2 Å². The average molecular weight is 331 g/mol. The summed E-state index contributed by atoms with van der Waals surface area (Å²) in [6.07, 6.45) is 6.70. The molecule has 1 atom stereocenters.